The Balaban J connectivity index is 1.98. The number of hydrogen-bond acceptors (Lipinski definition) is 3. The zero-order valence-corrected chi connectivity index (χ0v) is 10.0. The van der Waals surface area contributed by atoms with Crippen molar-refractivity contribution in [1.82, 2.24) is 4.90 Å². The van der Waals surface area contributed by atoms with Gasteiger partial charge in [-0.3, -0.25) is 14.5 Å². The fourth-order valence-electron chi connectivity index (χ4n) is 1.86. The van der Waals surface area contributed by atoms with E-state index in [1.54, 1.807) is 0 Å². The van der Waals surface area contributed by atoms with Crippen LogP contribution in [0.25, 0.3) is 0 Å². The summed E-state index contributed by atoms with van der Waals surface area (Å²) in [6.45, 7) is 0.495. The number of imide groups is 1. The SMILES string of the molecule is O=C1C=CC(=O)N1Cc1ccc(CCCO)cc1. The Labute approximate surface area is 106 Å². The minimum absolute atomic E-state index is 0.185. The minimum atomic E-state index is -0.260. The van der Waals surface area contributed by atoms with Crippen molar-refractivity contribution in [1.29, 1.82) is 0 Å². The Morgan fingerprint density at radius 2 is 1.50 bits per heavy atom. The second-order valence-electron chi connectivity index (χ2n) is 4.24. The molecule has 0 bridgehead atoms. The highest BCUT2D eigenvalue weighted by atomic mass is 16.3. The van der Waals surface area contributed by atoms with E-state index in [9.17, 15) is 9.59 Å². The van der Waals surface area contributed by atoms with Crippen molar-refractivity contribution in [3.05, 3.63) is 47.5 Å². The van der Waals surface area contributed by atoms with E-state index in [4.69, 9.17) is 5.11 Å². The zero-order valence-electron chi connectivity index (χ0n) is 10.0. The molecule has 4 nitrogen and oxygen atoms in total. The molecule has 1 heterocycles. The molecule has 1 aromatic rings. The molecule has 0 unspecified atom stereocenters. The lowest BCUT2D eigenvalue weighted by Gasteiger charge is -2.13. The first-order valence-corrected chi connectivity index (χ1v) is 5.93. The average molecular weight is 245 g/mol. The Bertz CT molecular complexity index is 458. The molecule has 1 aromatic carbocycles. The van der Waals surface area contributed by atoms with Crippen LogP contribution in [0.15, 0.2) is 36.4 Å². The van der Waals surface area contributed by atoms with Gasteiger partial charge in [0.05, 0.1) is 6.54 Å². The Morgan fingerprint density at radius 3 is 2.06 bits per heavy atom. The van der Waals surface area contributed by atoms with Gasteiger partial charge in [-0.15, -0.1) is 0 Å². The van der Waals surface area contributed by atoms with Gasteiger partial charge in [-0.25, -0.2) is 0 Å². The van der Waals surface area contributed by atoms with Crippen LogP contribution in [-0.4, -0.2) is 28.4 Å². The van der Waals surface area contributed by atoms with Gasteiger partial charge in [0.25, 0.3) is 11.8 Å². The zero-order chi connectivity index (χ0) is 13.0. The van der Waals surface area contributed by atoms with Gasteiger partial charge in [0.1, 0.15) is 0 Å². The molecule has 1 aliphatic rings. The summed E-state index contributed by atoms with van der Waals surface area (Å²) < 4.78 is 0. The summed E-state index contributed by atoms with van der Waals surface area (Å²) in [6, 6.07) is 7.74. The maximum absolute atomic E-state index is 11.4. The molecule has 0 radical (unpaired) electrons. The first-order chi connectivity index (χ1) is 8.70. The number of rotatable bonds is 5. The van der Waals surface area contributed by atoms with Gasteiger partial charge in [0.2, 0.25) is 0 Å². The lowest BCUT2D eigenvalue weighted by molar-refractivity contribution is -0.137. The molecule has 2 amide bonds. The van der Waals surface area contributed by atoms with E-state index in [2.05, 4.69) is 0 Å². The van der Waals surface area contributed by atoms with Crippen molar-refractivity contribution in [3.63, 3.8) is 0 Å². The van der Waals surface area contributed by atoms with E-state index in [0.717, 1.165) is 24.0 Å². The molecular weight excluding hydrogens is 230 g/mol. The van der Waals surface area contributed by atoms with E-state index in [-0.39, 0.29) is 18.4 Å². The van der Waals surface area contributed by atoms with Crippen molar-refractivity contribution >= 4 is 11.8 Å². The van der Waals surface area contributed by atoms with Crippen LogP contribution >= 0.6 is 0 Å². The number of aryl methyl sites for hydroxylation is 1. The molecule has 0 atom stereocenters. The minimum Gasteiger partial charge on any atom is -0.396 e. The monoisotopic (exact) mass is 245 g/mol. The highest BCUT2D eigenvalue weighted by molar-refractivity contribution is 6.12. The number of aliphatic hydroxyl groups is 1. The molecule has 18 heavy (non-hydrogen) atoms. The third-order valence-corrected chi connectivity index (χ3v) is 2.89. The van der Waals surface area contributed by atoms with Crippen molar-refractivity contribution < 1.29 is 14.7 Å². The number of hydrogen-bond donors (Lipinski definition) is 1. The molecule has 0 aliphatic carbocycles. The van der Waals surface area contributed by atoms with Gasteiger partial charge in [-0.05, 0) is 24.0 Å². The first-order valence-electron chi connectivity index (χ1n) is 5.93. The van der Waals surface area contributed by atoms with E-state index >= 15 is 0 Å². The van der Waals surface area contributed by atoms with Crippen molar-refractivity contribution in [3.8, 4) is 0 Å². The quantitative estimate of drug-likeness (QED) is 0.788. The largest absolute Gasteiger partial charge is 0.396 e. The number of benzene rings is 1. The fourth-order valence-corrected chi connectivity index (χ4v) is 1.86. The number of aliphatic hydroxyl groups excluding tert-OH is 1. The van der Waals surface area contributed by atoms with Gasteiger partial charge in [0, 0.05) is 18.8 Å². The number of carbonyl (C=O) groups is 2. The van der Waals surface area contributed by atoms with E-state index in [1.165, 1.54) is 17.1 Å². The molecule has 0 fully saturated rings. The predicted molar refractivity (Wildman–Crippen MR) is 66.5 cm³/mol. The fraction of sp³-hybridized carbons (Fsp3) is 0.286. The summed E-state index contributed by atoms with van der Waals surface area (Å²) in [5.41, 5.74) is 2.07. The van der Waals surface area contributed by atoms with Crippen molar-refractivity contribution in [2.75, 3.05) is 6.61 Å². The lowest BCUT2D eigenvalue weighted by atomic mass is 10.1. The summed E-state index contributed by atoms with van der Waals surface area (Å²) in [6.07, 6.45) is 4.15. The normalized spacial score (nSPS) is 14.6. The molecule has 0 saturated heterocycles. The highest BCUT2D eigenvalue weighted by Gasteiger charge is 2.22. The summed E-state index contributed by atoms with van der Waals surface area (Å²) in [7, 11) is 0. The first kappa shape index (κ1) is 12.5. The Kier molecular flexibility index (Phi) is 3.89. The summed E-state index contributed by atoms with van der Waals surface area (Å²) >= 11 is 0. The van der Waals surface area contributed by atoms with Crippen LogP contribution in [0, 0.1) is 0 Å². The van der Waals surface area contributed by atoms with Crippen molar-refractivity contribution in [2.24, 2.45) is 0 Å². The van der Waals surface area contributed by atoms with Crippen LogP contribution in [0.5, 0.6) is 0 Å². The molecule has 2 rings (SSSR count). The molecule has 0 aromatic heterocycles. The molecule has 4 heteroatoms. The van der Waals surface area contributed by atoms with Crippen LogP contribution in [-0.2, 0) is 22.6 Å². The Morgan fingerprint density at radius 1 is 0.944 bits per heavy atom. The molecule has 1 aliphatic heterocycles. The van der Waals surface area contributed by atoms with E-state index in [0.29, 0.717) is 6.54 Å². The third kappa shape index (κ3) is 2.84. The predicted octanol–water partition coefficient (Wildman–Crippen LogP) is 1.04. The summed E-state index contributed by atoms with van der Waals surface area (Å²) in [5, 5.41) is 8.74. The summed E-state index contributed by atoms with van der Waals surface area (Å²) in [4.78, 5) is 24.0. The van der Waals surface area contributed by atoms with Gasteiger partial charge in [-0.2, -0.15) is 0 Å². The number of nitrogens with zero attached hydrogens (tertiary/aromatic N) is 1. The van der Waals surface area contributed by atoms with Crippen LogP contribution in [0.4, 0.5) is 0 Å². The standard InChI is InChI=1S/C14H15NO3/c16-9-1-2-11-3-5-12(6-4-11)10-15-13(17)7-8-14(15)18/h3-8,16H,1-2,9-10H2. The number of amides is 2. The molecule has 94 valence electrons. The van der Waals surface area contributed by atoms with Crippen LogP contribution < -0.4 is 0 Å². The van der Waals surface area contributed by atoms with E-state index < -0.39 is 0 Å². The van der Waals surface area contributed by atoms with Gasteiger partial charge < -0.3 is 5.11 Å². The van der Waals surface area contributed by atoms with Crippen LogP contribution in [0.3, 0.4) is 0 Å². The highest BCUT2D eigenvalue weighted by Crippen LogP contribution is 2.12. The molecular formula is C14H15NO3. The van der Waals surface area contributed by atoms with Crippen LogP contribution in [0.1, 0.15) is 17.5 Å². The van der Waals surface area contributed by atoms with E-state index in [1.807, 2.05) is 24.3 Å². The Hall–Kier alpha value is -1.94. The summed E-state index contributed by atoms with van der Waals surface area (Å²) in [5.74, 6) is -0.520. The lowest BCUT2D eigenvalue weighted by Crippen LogP contribution is -2.29. The number of carbonyl (C=O) groups excluding carboxylic acids is 2. The second-order valence-corrected chi connectivity index (χ2v) is 4.24. The van der Waals surface area contributed by atoms with Gasteiger partial charge >= 0.3 is 0 Å². The second kappa shape index (κ2) is 5.60. The van der Waals surface area contributed by atoms with Gasteiger partial charge in [-0.1, -0.05) is 24.3 Å². The van der Waals surface area contributed by atoms with Gasteiger partial charge in [0.15, 0.2) is 0 Å². The molecule has 1 N–H and O–H groups in total. The third-order valence-electron chi connectivity index (χ3n) is 2.89. The maximum atomic E-state index is 11.4. The molecule has 0 saturated carbocycles. The van der Waals surface area contributed by atoms with Crippen molar-refractivity contribution in [2.45, 2.75) is 19.4 Å². The average Bonchev–Trinajstić information content (AvgIpc) is 2.70. The smallest absolute Gasteiger partial charge is 0.253 e. The van der Waals surface area contributed by atoms with Crippen LogP contribution in [0.2, 0.25) is 0 Å². The molecule has 0 spiro atoms. The maximum Gasteiger partial charge on any atom is 0.253 e. The topological polar surface area (TPSA) is 57.6 Å².